The van der Waals surface area contributed by atoms with Gasteiger partial charge in [-0.15, -0.1) is 0 Å². The van der Waals surface area contributed by atoms with Crippen LogP contribution in [-0.4, -0.2) is 41.2 Å². The summed E-state index contributed by atoms with van der Waals surface area (Å²) in [5.74, 6) is -4.22. The van der Waals surface area contributed by atoms with E-state index in [9.17, 15) is 19.2 Å². The summed E-state index contributed by atoms with van der Waals surface area (Å²) >= 11 is 4.00. The molecular formula is C17H28O8S. The number of thiol groups is 1. The van der Waals surface area contributed by atoms with E-state index in [0.29, 0.717) is 0 Å². The first-order valence-electron chi connectivity index (χ1n) is 8.13. The van der Waals surface area contributed by atoms with Crippen LogP contribution in [0.5, 0.6) is 0 Å². The summed E-state index contributed by atoms with van der Waals surface area (Å²) in [5, 5.41) is 8.72. The molecule has 0 aromatic rings. The van der Waals surface area contributed by atoms with Gasteiger partial charge in [0.15, 0.2) is 0 Å². The molecule has 0 saturated heterocycles. The normalized spacial score (nSPS) is 13.1. The van der Waals surface area contributed by atoms with E-state index < -0.39 is 47.1 Å². The Hall–Kier alpha value is -1.77. The maximum atomic E-state index is 12.2. The number of carbonyl (C=O) groups excluding carboxylic acids is 3. The van der Waals surface area contributed by atoms with Crippen LogP contribution >= 0.6 is 12.6 Å². The highest BCUT2D eigenvalue weighted by atomic mass is 32.1. The van der Waals surface area contributed by atoms with Gasteiger partial charge in [0.1, 0.15) is 0 Å². The molecule has 0 aliphatic rings. The fourth-order valence-electron chi connectivity index (χ4n) is 1.37. The topological polar surface area (TPSA) is 116 Å². The zero-order valence-corrected chi connectivity index (χ0v) is 16.9. The zero-order valence-electron chi connectivity index (χ0n) is 16.0. The largest absolute Gasteiger partial charge is 0.481 e. The average molecular weight is 392 g/mol. The molecule has 0 saturated carbocycles. The number of carbonyl (C=O) groups is 4. The van der Waals surface area contributed by atoms with E-state index in [1.165, 1.54) is 0 Å². The number of carboxylic acids is 1. The van der Waals surface area contributed by atoms with E-state index in [4.69, 9.17) is 19.3 Å². The van der Waals surface area contributed by atoms with E-state index >= 15 is 0 Å². The second-order valence-electron chi connectivity index (χ2n) is 7.85. The fourth-order valence-corrected chi connectivity index (χ4v) is 1.70. The lowest BCUT2D eigenvalue weighted by molar-refractivity contribution is -0.266. The Morgan fingerprint density at radius 3 is 1.62 bits per heavy atom. The Morgan fingerprint density at radius 1 is 0.885 bits per heavy atom. The van der Waals surface area contributed by atoms with Crippen LogP contribution in [0.4, 0.5) is 0 Å². The minimum atomic E-state index is -1.85. The number of hydrogen-bond donors (Lipinski definition) is 2. The Labute approximate surface area is 159 Å². The molecule has 9 heteroatoms. The summed E-state index contributed by atoms with van der Waals surface area (Å²) in [5.41, 5.74) is -1.82. The standard InChI is InChI=1S/C17H28O8S/c1-16(2,3)13(21)24-15(25-14(22)17(4,5)6)23-12(20)10(9-26)7-8-11(18)19/h10,15,26H,7-9H2,1-6H3,(H,18,19). The molecule has 0 radical (unpaired) electrons. The van der Waals surface area contributed by atoms with Crippen molar-refractivity contribution in [3.8, 4) is 0 Å². The van der Waals surface area contributed by atoms with Gasteiger partial charge in [-0.1, -0.05) is 0 Å². The molecule has 0 fully saturated rings. The molecule has 1 N–H and O–H groups in total. The monoisotopic (exact) mass is 392 g/mol. The number of rotatable bonds is 8. The summed E-state index contributed by atoms with van der Waals surface area (Å²) in [6, 6.07) is 0. The van der Waals surface area contributed by atoms with Gasteiger partial charge in [0, 0.05) is 12.2 Å². The third kappa shape index (κ3) is 9.07. The van der Waals surface area contributed by atoms with E-state index in [2.05, 4.69) is 12.6 Å². The number of ether oxygens (including phenoxy) is 3. The molecule has 0 aliphatic heterocycles. The van der Waals surface area contributed by atoms with Gasteiger partial charge in [-0.2, -0.15) is 12.6 Å². The van der Waals surface area contributed by atoms with Gasteiger partial charge in [-0.05, 0) is 48.0 Å². The minimum absolute atomic E-state index is 0.00911. The van der Waals surface area contributed by atoms with Crippen molar-refractivity contribution in [2.24, 2.45) is 16.7 Å². The molecule has 150 valence electrons. The fraction of sp³-hybridized carbons (Fsp3) is 0.765. The Kier molecular flexibility index (Phi) is 9.13. The highest BCUT2D eigenvalue weighted by molar-refractivity contribution is 7.80. The first-order valence-corrected chi connectivity index (χ1v) is 8.77. The second-order valence-corrected chi connectivity index (χ2v) is 8.21. The van der Waals surface area contributed by atoms with Crippen LogP contribution in [0.25, 0.3) is 0 Å². The van der Waals surface area contributed by atoms with Crippen LogP contribution in [0.3, 0.4) is 0 Å². The van der Waals surface area contributed by atoms with Crippen LogP contribution in [-0.2, 0) is 33.4 Å². The van der Waals surface area contributed by atoms with Gasteiger partial charge in [-0.3, -0.25) is 19.2 Å². The first kappa shape index (κ1) is 24.2. The van der Waals surface area contributed by atoms with E-state index in [1.807, 2.05) is 0 Å². The zero-order chi connectivity index (χ0) is 20.7. The van der Waals surface area contributed by atoms with Crippen LogP contribution in [0.15, 0.2) is 0 Å². The smallest absolute Gasteiger partial charge is 0.412 e. The third-order valence-corrected chi connectivity index (χ3v) is 3.54. The molecule has 0 rings (SSSR count). The number of aliphatic carboxylic acids is 1. The van der Waals surface area contributed by atoms with Crippen molar-refractivity contribution in [3.05, 3.63) is 0 Å². The quantitative estimate of drug-likeness (QED) is 0.367. The number of hydrogen-bond acceptors (Lipinski definition) is 8. The summed E-state index contributed by atoms with van der Waals surface area (Å²) < 4.78 is 15.0. The number of carboxylic acid groups (broad SMARTS) is 1. The molecular weight excluding hydrogens is 364 g/mol. The molecule has 0 aromatic carbocycles. The lowest BCUT2D eigenvalue weighted by Crippen LogP contribution is -2.38. The molecule has 0 heterocycles. The molecule has 0 aliphatic carbocycles. The van der Waals surface area contributed by atoms with E-state index in [-0.39, 0.29) is 18.6 Å². The van der Waals surface area contributed by atoms with Crippen LogP contribution in [0, 0.1) is 16.7 Å². The number of esters is 3. The molecule has 8 nitrogen and oxygen atoms in total. The van der Waals surface area contributed by atoms with Crippen molar-refractivity contribution >= 4 is 36.5 Å². The minimum Gasteiger partial charge on any atom is -0.481 e. The summed E-state index contributed by atoms with van der Waals surface area (Å²) in [6.45, 7) is 7.67. The van der Waals surface area contributed by atoms with Gasteiger partial charge in [-0.25, -0.2) is 0 Å². The summed E-state index contributed by atoms with van der Waals surface area (Å²) in [6.07, 6.45) is -0.265. The van der Waals surface area contributed by atoms with Crippen molar-refractivity contribution in [2.75, 3.05) is 5.75 Å². The van der Waals surface area contributed by atoms with Gasteiger partial charge in [0.25, 0.3) is 0 Å². The Bertz CT molecular complexity index is 502. The summed E-state index contributed by atoms with van der Waals surface area (Å²) in [7, 11) is 0. The lowest BCUT2D eigenvalue weighted by atomic mass is 9.97. The molecule has 0 spiro atoms. The molecule has 1 unspecified atom stereocenters. The first-order chi connectivity index (χ1) is 11.7. The van der Waals surface area contributed by atoms with Crippen molar-refractivity contribution < 1.29 is 38.5 Å². The van der Waals surface area contributed by atoms with E-state index in [0.717, 1.165) is 0 Å². The van der Waals surface area contributed by atoms with Crippen molar-refractivity contribution in [1.29, 1.82) is 0 Å². The predicted octanol–water partition coefficient (Wildman–Crippen LogP) is 2.40. The van der Waals surface area contributed by atoms with Crippen molar-refractivity contribution in [2.45, 2.75) is 60.9 Å². The second kappa shape index (κ2) is 9.80. The highest BCUT2D eigenvalue weighted by Crippen LogP contribution is 2.22. The Morgan fingerprint density at radius 2 is 1.31 bits per heavy atom. The third-order valence-electron chi connectivity index (χ3n) is 3.10. The SMILES string of the molecule is CC(C)(C)C(=O)OC(OC(=O)C(CS)CCC(=O)O)OC(=O)C(C)(C)C. The van der Waals surface area contributed by atoms with Crippen molar-refractivity contribution in [1.82, 2.24) is 0 Å². The maximum absolute atomic E-state index is 12.2. The average Bonchev–Trinajstić information content (AvgIpc) is 2.45. The van der Waals surface area contributed by atoms with Crippen molar-refractivity contribution in [3.63, 3.8) is 0 Å². The van der Waals surface area contributed by atoms with Gasteiger partial charge >= 0.3 is 30.4 Å². The van der Waals surface area contributed by atoms with Crippen LogP contribution < -0.4 is 0 Å². The van der Waals surface area contributed by atoms with Crippen LogP contribution in [0.1, 0.15) is 54.4 Å². The lowest BCUT2D eigenvalue weighted by Gasteiger charge is -2.26. The summed E-state index contributed by atoms with van der Waals surface area (Å²) in [4.78, 5) is 47.0. The Balaban J connectivity index is 5.19. The molecule has 26 heavy (non-hydrogen) atoms. The van der Waals surface area contributed by atoms with Gasteiger partial charge in [0.2, 0.25) is 0 Å². The van der Waals surface area contributed by atoms with Crippen LogP contribution in [0.2, 0.25) is 0 Å². The molecule has 0 bridgehead atoms. The van der Waals surface area contributed by atoms with Gasteiger partial charge < -0.3 is 19.3 Å². The van der Waals surface area contributed by atoms with Gasteiger partial charge in [0.05, 0.1) is 16.7 Å². The highest BCUT2D eigenvalue weighted by Gasteiger charge is 2.34. The van der Waals surface area contributed by atoms with E-state index in [1.54, 1.807) is 41.5 Å². The molecule has 1 atom stereocenters. The molecule has 0 aromatic heterocycles. The molecule has 0 amide bonds. The predicted molar refractivity (Wildman–Crippen MR) is 95.2 cm³/mol. The maximum Gasteiger partial charge on any atom is 0.412 e.